The number of hydrazine groups is 1. The molecule has 0 spiro atoms. The molecule has 0 aliphatic heterocycles. The van der Waals surface area contributed by atoms with Crippen LogP contribution in [0.15, 0.2) is 60.1 Å². The molecule has 6 nitrogen and oxygen atoms in total. The van der Waals surface area contributed by atoms with Gasteiger partial charge < -0.3 is 25.7 Å². The molecule has 0 aliphatic rings. The Balaban J connectivity index is 0.00000176. The number of nitrogens with two attached hydrogens (primary N) is 2. The molecule has 0 heterocycles. The van der Waals surface area contributed by atoms with Gasteiger partial charge in [0.2, 0.25) is 5.88 Å². The predicted molar refractivity (Wildman–Crippen MR) is 96.2 cm³/mol. The number of rotatable bonds is 6. The van der Waals surface area contributed by atoms with Crippen LogP contribution in [-0.4, -0.2) is 18.1 Å². The van der Waals surface area contributed by atoms with Gasteiger partial charge >= 0.3 is 6.36 Å². The Labute approximate surface area is 155 Å². The molecular formula is C18H22F3N3O3. The minimum absolute atomic E-state index is 0.0774. The van der Waals surface area contributed by atoms with Gasteiger partial charge in [0.05, 0.1) is 6.61 Å². The normalized spacial score (nSPS) is 11.7. The van der Waals surface area contributed by atoms with Crippen LogP contribution in [0.3, 0.4) is 0 Å². The van der Waals surface area contributed by atoms with Crippen molar-refractivity contribution < 1.29 is 27.8 Å². The average Bonchev–Trinajstić information content (AvgIpc) is 2.64. The summed E-state index contributed by atoms with van der Waals surface area (Å²) in [5.74, 6) is 5.21. The van der Waals surface area contributed by atoms with Crippen molar-refractivity contribution in [1.29, 1.82) is 0 Å². The molecule has 9 heteroatoms. The highest BCUT2D eigenvalue weighted by atomic mass is 19.4. The Morgan fingerprint density at radius 2 is 1.41 bits per heavy atom. The van der Waals surface area contributed by atoms with E-state index in [1.807, 2.05) is 13.8 Å². The third-order valence-corrected chi connectivity index (χ3v) is 3.13. The number of aliphatic hydroxyl groups is 1. The summed E-state index contributed by atoms with van der Waals surface area (Å²) < 4.78 is 45.6. The Hall–Kier alpha value is -2.91. The molecule has 0 amide bonds. The van der Waals surface area contributed by atoms with Gasteiger partial charge in [0, 0.05) is 0 Å². The molecular weight excluding hydrogens is 363 g/mol. The predicted octanol–water partition coefficient (Wildman–Crippen LogP) is 3.24. The molecule has 0 atom stereocenters. The summed E-state index contributed by atoms with van der Waals surface area (Å²) in [4.78, 5) is 0. The fraction of sp³-hybridized carbons (Fsp3) is 0.222. The van der Waals surface area contributed by atoms with E-state index in [2.05, 4.69) is 10.2 Å². The van der Waals surface area contributed by atoms with E-state index >= 15 is 0 Å². The number of hydrogen-bond acceptors (Lipinski definition) is 6. The topological polar surface area (TPSA) is 103 Å². The molecule has 0 fully saturated rings. The van der Waals surface area contributed by atoms with Gasteiger partial charge in [-0.15, -0.1) is 13.2 Å². The second-order valence-electron chi connectivity index (χ2n) is 4.84. The van der Waals surface area contributed by atoms with Gasteiger partial charge in [0.25, 0.3) is 0 Å². The number of alkyl halides is 3. The minimum Gasteiger partial charge on any atom is -0.440 e. The average molecular weight is 385 g/mol. The van der Waals surface area contributed by atoms with Gasteiger partial charge in [-0.2, -0.15) is 0 Å². The number of hydrogen-bond donors (Lipinski definition) is 4. The largest absolute Gasteiger partial charge is 0.573 e. The van der Waals surface area contributed by atoms with Crippen LogP contribution in [0.2, 0.25) is 0 Å². The Bertz CT molecular complexity index is 724. The number of ether oxygens (including phenoxy) is 2. The zero-order valence-electron chi connectivity index (χ0n) is 14.9. The fourth-order valence-corrected chi connectivity index (χ4v) is 1.95. The summed E-state index contributed by atoms with van der Waals surface area (Å²) in [6.45, 7) is 3.59. The molecule has 0 aliphatic carbocycles. The molecule has 6 N–H and O–H groups in total. The summed E-state index contributed by atoms with van der Waals surface area (Å²) in [5, 5.41) is 9.02. The lowest BCUT2D eigenvalue weighted by atomic mass is 10.1. The molecule has 0 radical (unpaired) electrons. The molecule has 0 saturated heterocycles. The summed E-state index contributed by atoms with van der Waals surface area (Å²) in [5.41, 5.74) is 9.44. The standard InChI is InChI=1S/C16H16F3N3O3.C2H6/c17-16(18,19)25-13-7-3-11(4-8-13)10-1-5-12(6-2-10)24-15(20)14(9-23)22-21;1-2/h1-8,22-23H,9,20-21H2;1-2H3/b15-14+;. The molecule has 0 saturated carbocycles. The first kappa shape index (κ1) is 22.1. The van der Waals surface area contributed by atoms with E-state index in [0.717, 1.165) is 5.56 Å². The van der Waals surface area contributed by atoms with E-state index in [4.69, 9.17) is 21.4 Å². The van der Waals surface area contributed by atoms with Crippen molar-refractivity contribution >= 4 is 0 Å². The number of aliphatic hydroxyl groups excluding tert-OH is 1. The maximum Gasteiger partial charge on any atom is 0.573 e. The van der Waals surface area contributed by atoms with Crippen LogP contribution in [0, 0.1) is 0 Å². The van der Waals surface area contributed by atoms with Gasteiger partial charge in [-0.25, -0.2) is 0 Å². The quantitative estimate of drug-likeness (QED) is 0.346. The second-order valence-corrected chi connectivity index (χ2v) is 4.84. The van der Waals surface area contributed by atoms with Crippen LogP contribution in [0.25, 0.3) is 11.1 Å². The van der Waals surface area contributed by atoms with Gasteiger partial charge in [0.1, 0.15) is 17.2 Å². The highest BCUT2D eigenvalue weighted by Gasteiger charge is 2.30. The van der Waals surface area contributed by atoms with E-state index in [1.165, 1.54) is 24.3 Å². The van der Waals surface area contributed by atoms with Gasteiger partial charge in [-0.05, 0) is 35.4 Å². The second kappa shape index (κ2) is 10.3. The van der Waals surface area contributed by atoms with Crippen LogP contribution in [0.4, 0.5) is 13.2 Å². The first-order valence-corrected chi connectivity index (χ1v) is 8.02. The lowest BCUT2D eigenvalue weighted by molar-refractivity contribution is -0.274. The Morgan fingerprint density at radius 3 is 1.78 bits per heavy atom. The molecule has 0 aromatic heterocycles. The summed E-state index contributed by atoms with van der Waals surface area (Å²) in [7, 11) is 0. The fourth-order valence-electron chi connectivity index (χ4n) is 1.95. The van der Waals surface area contributed by atoms with Crippen molar-refractivity contribution in [3.63, 3.8) is 0 Å². The van der Waals surface area contributed by atoms with Crippen molar-refractivity contribution in [2.75, 3.05) is 6.61 Å². The molecule has 2 rings (SSSR count). The van der Waals surface area contributed by atoms with Gasteiger partial charge in [0.15, 0.2) is 0 Å². The van der Waals surface area contributed by atoms with Crippen molar-refractivity contribution in [2.24, 2.45) is 11.6 Å². The SMILES string of the molecule is CC.NN/C(CO)=C(\N)Oc1ccc(-c2ccc(OC(F)(F)F)cc2)cc1. The highest BCUT2D eigenvalue weighted by molar-refractivity contribution is 5.64. The lowest BCUT2D eigenvalue weighted by Crippen LogP contribution is -2.28. The number of halogens is 3. The van der Waals surface area contributed by atoms with Crippen molar-refractivity contribution in [3.05, 3.63) is 60.1 Å². The molecule has 27 heavy (non-hydrogen) atoms. The van der Waals surface area contributed by atoms with E-state index in [0.29, 0.717) is 11.3 Å². The maximum atomic E-state index is 12.1. The number of benzene rings is 2. The van der Waals surface area contributed by atoms with Crippen molar-refractivity contribution in [3.8, 4) is 22.6 Å². The van der Waals surface area contributed by atoms with Crippen LogP contribution >= 0.6 is 0 Å². The zero-order valence-corrected chi connectivity index (χ0v) is 14.9. The van der Waals surface area contributed by atoms with E-state index in [1.54, 1.807) is 24.3 Å². The van der Waals surface area contributed by atoms with Crippen LogP contribution < -0.4 is 26.5 Å². The Morgan fingerprint density at radius 1 is 0.963 bits per heavy atom. The smallest absolute Gasteiger partial charge is 0.440 e. The van der Waals surface area contributed by atoms with Gasteiger partial charge in [-0.1, -0.05) is 38.1 Å². The molecule has 2 aromatic rings. The molecule has 2 aromatic carbocycles. The van der Waals surface area contributed by atoms with Crippen LogP contribution in [0.1, 0.15) is 13.8 Å². The van der Waals surface area contributed by atoms with Gasteiger partial charge in [-0.3, -0.25) is 5.84 Å². The zero-order chi connectivity index (χ0) is 20.4. The lowest BCUT2D eigenvalue weighted by Gasteiger charge is -2.11. The van der Waals surface area contributed by atoms with E-state index in [-0.39, 0.29) is 17.3 Å². The first-order valence-electron chi connectivity index (χ1n) is 8.02. The van der Waals surface area contributed by atoms with Crippen LogP contribution in [-0.2, 0) is 0 Å². The summed E-state index contributed by atoms with van der Waals surface area (Å²) in [6, 6.07) is 12.1. The Kier molecular flexibility index (Phi) is 8.43. The third kappa shape index (κ3) is 7.08. The van der Waals surface area contributed by atoms with E-state index in [9.17, 15) is 13.2 Å². The number of nitrogens with one attached hydrogen (secondary N) is 1. The van der Waals surface area contributed by atoms with Crippen molar-refractivity contribution in [2.45, 2.75) is 20.2 Å². The summed E-state index contributed by atoms with van der Waals surface area (Å²) in [6.07, 6.45) is -4.72. The maximum absolute atomic E-state index is 12.1. The van der Waals surface area contributed by atoms with Crippen LogP contribution in [0.5, 0.6) is 11.5 Å². The molecule has 148 valence electrons. The molecule has 0 bridgehead atoms. The van der Waals surface area contributed by atoms with Crippen molar-refractivity contribution in [1.82, 2.24) is 5.43 Å². The van der Waals surface area contributed by atoms with E-state index < -0.39 is 13.0 Å². The first-order chi connectivity index (χ1) is 12.8. The summed E-state index contributed by atoms with van der Waals surface area (Å²) >= 11 is 0. The third-order valence-electron chi connectivity index (χ3n) is 3.13. The minimum atomic E-state index is -4.72. The monoisotopic (exact) mass is 385 g/mol. The molecule has 0 unspecified atom stereocenters. The highest BCUT2D eigenvalue weighted by Crippen LogP contribution is 2.27.